The Labute approximate surface area is 84.9 Å². The number of rotatable bonds is 1. The van der Waals surface area contributed by atoms with Crippen molar-refractivity contribution in [2.45, 2.75) is 43.7 Å². The molecule has 0 aromatic carbocycles. The van der Waals surface area contributed by atoms with E-state index in [1.54, 1.807) is 0 Å². The van der Waals surface area contributed by atoms with Gasteiger partial charge in [-0.3, -0.25) is 5.32 Å². The van der Waals surface area contributed by atoms with Crippen molar-refractivity contribution in [2.24, 2.45) is 0 Å². The molecule has 1 N–H and O–H groups in total. The summed E-state index contributed by atoms with van der Waals surface area (Å²) in [6, 6.07) is 0. The van der Waals surface area contributed by atoms with Crippen molar-refractivity contribution in [1.82, 2.24) is 5.32 Å². The lowest BCUT2D eigenvalue weighted by molar-refractivity contribution is 0.0941. The highest BCUT2D eigenvalue weighted by molar-refractivity contribution is 7.92. The van der Waals surface area contributed by atoms with E-state index in [9.17, 15) is 8.42 Å². The topological polar surface area (TPSA) is 55.4 Å². The van der Waals surface area contributed by atoms with Crippen molar-refractivity contribution in [3.63, 3.8) is 0 Å². The third kappa shape index (κ3) is 1.81. The molecule has 82 valence electrons. The first-order valence-corrected chi connectivity index (χ1v) is 6.73. The third-order valence-electron chi connectivity index (χ3n) is 2.87. The SMILES string of the molecule is CC1(C)COC(C2CCCS2(=O)=O)N1. The normalized spacial score (nSPS) is 40.1. The molecule has 0 aromatic heterocycles. The summed E-state index contributed by atoms with van der Waals surface area (Å²) < 4.78 is 28.8. The molecular weight excluding hydrogens is 202 g/mol. The summed E-state index contributed by atoms with van der Waals surface area (Å²) in [5.74, 6) is 0.319. The van der Waals surface area contributed by atoms with E-state index in [2.05, 4.69) is 5.32 Å². The fourth-order valence-corrected chi connectivity index (χ4v) is 4.04. The predicted octanol–water partition coefficient (Wildman–Crippen LogP) is 0.288. The molecule has 2 unspecified atom stereocenters. The molecule has 2 saturated heterocycles. The zero-order chi connectivity index (χ0) is 10.4. The molecule has 14 heavy (non-hydrogen) atoms. The summed E-state index contributed by atoms with van der Waals surface area (Å²) in [5.41, 5.74) is -0.0945. The molecule has 0 amide bonds. The zero-order valence-corrected chi connectivity index (χ0v) is 9.43. The molecule has 0 radical (unpaired) electrons. The summed E-state index contributed by atoms with van der Waals surface area (Å²) in [6.45, 7) is 4.63. The Kier molecular flexibility index (Phi) is 2.36. The highest BCUT2D eigenvalue weighted by Crippen LogP contribution is 2.28. The van der Waals surface area contributed by atoms with Gasteiger partial charge in [0.05, 0.1) is 12.4 Å². The molecule has 0 spiro atoms. The van der Waals surface area contributed by atoms with Crippen LogP contribution in [0.5, 0.6) is 0 Å². The quantitative estimate of drug-likeness (QED) is 0.688. The van der Waals surface area contributed by atoms with Gasteiger partial charge in [0.25, 0.3) is 0 Å². The molecule has 2 heterocycles. The Bertz CT molecular complexity index is 323. The van der Waals surface area contributed by atoms with Gasteiger partial charge in [-0.25, -0.2) is 8.42 Å². The van der Waals surface area contributed by atoms with Crippen molar-refractivity contribution in [3.8, 4) is 0 Å². The summed E-state index contributed by atoms with van der Waals surface area (Å²) in [4.78, 5) is 0. The minimum Gasteiger partial charge on any atom is -0.360 e. The van der Waals surface area contributed by atoms with Gasteiger partial charge in [0.1, 0.15) is 11.5 Å². The molecule has 0 aliphatic carbocycles. The van der Waals surface area contributed by atoms with E-state index in [1.807, 2.05) is 13.8 Å². The van der Waals surface area contributed by atoms with Crippen molar-refractivity contribution in [3.05, 3.63) is 0 Å². The number of ether oxygens (including phenoxy) is 1. The van der Waals surface area contributed by atoms with Crippen LogP contribution in [0.4, 0.5) is 0 Å². The second-order valence-electron chi connectivity index (χ2n) is 4.81. The molecule has 2 aliphatic rings. The monoisotopic (exact) mass is 219 g/mol. The molecule has 0 bridgehead atoms. The van der Waals surface area contributed by atoms with Crippen LogP contribution in [0.25, 0.3) is 0 Å². The van der Waals surface area contributed by atoms with Gasteiger partial charge in [-0.15, -0.1) is 0 Å². The van der Waals surface area contributed by atoms with Gasteiger partial charge in [-0.1, -0.05) is 0 Å². The van der Waals surface area contributed by atoms with Crippen LogP contribution >= 0.6 is 0 Å². The largest absolute Gasteiger partial charge is 0.360 e. The maximum absolute atomic E-state index is 11.6. The van der Waals surface area contributed by atoms with E-state index in [0.29, 0.717) is 12.4 Å². The molecule has 0 aromatic rings. The molecule has 2 aliphatic heterocycles. The number of hydrogen-bond donors (Lipinski definition) is 1. The maximum atomic E-state index is 11.6. The molecule has 0 saturated carbocycles. The van der Waals surface area contributed by atoms with E-state index < -0.39 is 9.84 Å². The summed E-state index contributed by atoms with van der Waals surface area (Å²) in [7, 11) is -2.91. The van der Waals surface area contributed by atoms with Gasteiger partial charge in [0.15, 0.2) is 9.84 Å². The minimum absolute atomic E-state index is 0.0945. The van der Waals surface area contributed by atoms with Gasteiger partial charge in [0.2, 0.25) is 0 Å². The average Bonchev–Trinajstić information content (AvgIpc) is 2.53. The van der Waals surface area contributed by atoms with Crippen molar-refractivity contribution >= 4 is 9.84 Å². The summed E-state index contributed by atoms with van der Waals surface area (Å²) in [6.07, 6.45) is 1.21. The Balaban J connectivity index is 2.11. The second kappa shape index (κ2) is 3.18. The summed E-state index contributed by atoms with van der Waals surface area (Å²) in [5, 5.41) is 2.90. The predicted molar refractivity (Wildman–Crippen MR) is 53.8 cm³/mol. The van der Waals surface area contributed by atoms with Gasteiger partial charge in [-0.2, -0.15) is 0 Å². The molecule has 4 nitrogen and oxygen atoms in total. The minimum atomic E-state index is -2.91. The van der Waals surface area contributed by atoms with Crippen LogP contribution in [-0.2, 0) is 14.6 Å². The summed E-state index contributed by atoms with van der Waals surface area (Å²) >= 11 is 0. The van der Waals surface area contributed by atoms with Crippen LogP contribution in [0, 0.1) is 0 Å². The Morgan fingerprint density at radius 3 is 2.57 bits per heavy atom. The van der Waals surface area contributed by atoms with E-state index in [1.165, 1.54) is 0 Å². The van der Waals surface area contributed by atoms with Crippen LogP contribution in [0.2, 0.25) is 0 Å². The van der Waals surface area contributed by atoms with Gasteiger partial charge in [0, 0.05) is 5.54 Å². The lowest BCUT2D eigenvalue weighted by Gasteiger charge is -2.20. The number of sulfone groups is 1. The van der Waals surface area contributed by atoms with Crippen LogP contribution in [0.3, 0.4) is 0 Å². The molecular formula is C9H17NO3S. The Morgan fingerprint density at radius 1 is 1.43 bits per heavy atom. The van der Waals surface area contributed by atoms with Crippen molar-refractivity contribution in [1.29, 1.82) is 0 Å². The lowest BCUT2D eigenvalue weighted by Crippen LogP contribution is -2.45. The van der Waals surface area contributed by atoms with Crippen LogP contribution in [0.15, 0.2) is 0 Å². The van der Waals surface area contributed by atoms with Crippen molar-refractivity contribution < 1.29 is 13.2 Å². The van der Waals surface area contributed by atoms with E-state index in [4.69, 9.17) is 4.74 Å². The first-order valence-electron chi connectivity index (χ1n) is 5.02. The molecule has 2 fully saturated rings. The fourth-order valence-electron chi connectivity index (χ4n) is 2.12. The first-order chi connectivity index (χ1) is 6.41. The molecule has 2 rings (SSSR count). The fraction of sp³-hybridized carbons (Fsp3) is 1.00. The van der Waals surface area contributed by atoms with Crippen LogP contribution in [0.1, 0.15) is 26.7 Å². The maximum Gasteiger partial charge on any atom is 0.157 e. The van der Waals surface area contributed by atoms with Crippen LogP contribution < -0.4 is 5.32 Å². The average molecular weight is 219 g/mol. The van der Waals surface area contributed by atoms with E-state index >= 15 is 0 Å². The van der Waals surface area contributed by atoms with Gasteiger partial charge in [-0.05, 0) is 26.7 Å². The highest BCUT2D eigenvalue weighted by Gasteiger charge is 2.43. The Morgan fingerprint density at radius 2 is 2.14 bits per heavy atom. The smallest absolute Gasteiger partial charge is 0.157 e. The van der Waals surface area contributed by atoms with E-state index in [0.717, 1.165) is 12.8 Å². The molecule has 2 atom stereocenters. The third-order valence-corrected chi connectivity index (χ3v) is 5.14. The van der Waals surface area contributed by atoms with E-state index in [-0.39, 0.29) is 17.0 Å². The standard InChI is InChI=1S/C9H17NO3S/c1-9(2)6-13-8(10-9)7-4-3-5-14(7,11)12/h7-8,10H,3-6H2,1-2H3. The molecule has 5 heteroatoms. The first kappa shape index (κ1) is 10.4. The number of hydrogen-bond acceptors (Lipinski definition) is 4. The zero-order valence-electron chi connectivity index (χ0n) is 8.62. The van der Waals surface area contributed by atoms with Gasteiger partial charge >= 0.3 is 0 Å². The van der Waals surface area contributed by atoms with Gasteiger partial charge < -0.3 is 4.74 Å². The van der Waals surface area contributed by atoms with Crippen LogP contribution in [-0.4, -0.2) is 37.8 Å². The van der Waals surface area contributed by atoms with Crippen molar-refractivity contribution in [2.75, 3.05) is 12.4 Å². The second-order valence-corrected chi connectivity index (χ2v) is 7.15. The lowest BCUT2D eigenvalue weighted by atomic mass is 10.1. The number of nitrogens with one attached hydrogen (secondary N) is 1. The Hall–Kier alpha value is -0.130. The highest BCUT2D eigenvalue weighted by atomic mass is 32.2.